The smallest absolute Gasteiger partial charge is 0.241 e. The fourth-order valence-corrected chi connectivity index (χ4v) is 3.82. The zero-order valence-corrected chi connectivity index (χ0v) is 18.5. The third-order valence-electron chi connectivity index (χ3n) is 4.35. The van der Waals surface area contributed by atoms with Crippen molar-refractivity contribution >= 4 is 21.6 Å². The van der Waals surface area contributed by atoms with Crippen LogP contribution in [0, 0.1) is 6.92 Å². The first-order valence-corrected chi connectivity index (χ1v) is 11.2. The maximum Gasteiger partial charge on any atom is 0.241 e. The molecule has 2 N–H and O–H groups in total. The van der Waals surface area contributed by atoms with Gasteiger partial charge >= 0.3 is 0 Å². The quantitative estimate of drug-likeness (QED) is 0.651. The minimum atomic E-state index is -3.81. The fourth-order valence-electron chi connectivity index (χ4n) is 2.80. The number of nitrogens with one attached hydrogen (secondary N) is 2. The SMILES string of the molecule is Cc1cccc(C(C)(C)CNC(=O)CS(=O)(=O)Nc2ccc(OC(C)C)cc2)c1. The molecule has 2 aromatic carbocycles. The van der Waals surface area contributed by atoms with Crippen molar-refractivity contribution in [2.24, 2.45) is 0 Å². The molecule has 29 heavy (non-hydrogen) atoms. The lowest BCUT2D eigenvalue weighted by Gasteiger charge is -2.26. The summed E-state index contributed by atoms with van der Waals surface area (Å²) in [7, 11) is -3.81. The molecule has 0 aliphatic heterocycles. The van der Waals surface area contributed by atoms with Gasteiger partial charge in [0.15, 0.2) is 0 Å². The van der Waals surface area contributed by atoms with E-state index in [9.17, 15) is 13.2 Å². The van der Waals surface area contributed by atoms with Gasteiger partial charge in [0.05, 0.1) is 6.10 Å². The molecule has 0 radical (unpaired) electrons. The van der Waals surface area contributed by atoms with Crippen molar-refractivity contribution in [2.45, 2.75) is 46.1 Å². The number of hydrogen-bond donors (Lipinski definition) is 2. The van der Waals surface area contributed by atoms with Gasteiger partial charge in [0.1, 0.15) is 11.5 Å². The molecule has 0 fully saturated rings. The van der Waals surface area contributed by atoms with Gasteiger partial charge in [-0.25, -0.2) is 8.42 Å². The first-order chi connectivity index (χ1) is 13.5. The third kappa shape index (κ3) is 7.42. The number of rotatable bonds is 9. The van der Waals surface area contributed by atoms with Crippen molar-refractivity contribution in [3.63, 3.8) is 0 Å². The van der Waals surface area contributed by atoms with Gasteiger partial charge in [0.25, 0.3) is 0 Å². The molecule has 158 valence electrons. The Hall–Kier alpha value is -2.54. The van der Waals surface area contributed by atoms with E-state index in [4.69, 9.17) is 4.74 Å². The van der Waals surface area contributed by atoms with Crippen molar-refractivity contribution < 1.29 is 17.9 Å². The maximum absolute atomic E-state index is 12.3. The standard InChI is InChI=1S/C22H30N2O4S/c1-16(2)28-20-11-9-19(10-12-20)24-29(26,27)14-21(25)23-15-22(4,5)18-8-6-7-17(3)13-18/h6-13,16,24H,14-15H2,1-5H3,(H,23,25). The molecule has 0 aliphatic rings. The zero-order valence-electron chi connectivity index (χ0n) is 17.7. The molecule has 0 spiro atoms. The van der Waals surface area contributed by atoms with Crippen LogP contribution in [0.2, 0.25) is 0 Å². The topological polar surface area (TPSA) is 84.5 Å². The lowest BCUT2D eigenvalue weighted by atomic mass is 9.84. The minimum absolute atomic E-state index is 0.0327. The lowest BCUT2D eigenvalue weighted by molar-refractivity contribution is -0.118. The van der Waals surface area contributed by atoms with Gasteiger partial charge in [-0.2, -0.15) is 0 Å². The highest BCUT2D eigenvalue weighted by molar-refractivity contribution is 7.93. The van der Waals surface area contributed by atoms with Crippen molar-refractivity contribution in [1.82, 2.24) is 5.32 Å². The van der Waals surface area contributed by atoms with E-state index in [2.05, 4.69) is 16.1 Å². The van der Waals surface area contributed by atoms with Crippen molar-refractivity contribution in [1.29, 1.82) is 0 Å². The number of sulfonamides is 1. The van der Waals surface area contributed by atoms with Crippen LogP contribution in [0.25, 0.3) is 0 Å². The van der Waals surface area contributed by atoms with Crippen LogP contribution in [0.15, 0.2) is 48.5 Å². The molecule has 6 nitrogen and oxygen atoms in total. The Morgan fingerprint density at radius 2 is 1.76 bits per heavy atom. The third-order valence-corrected chi connectivity index (χ3v) is 5.54. The Kier molecular flexibility index (Phi) is 7.30. The maximum atomic E-state index is 12.3. The van der Waals surface area contributed by atoms with Crippen LogP contribution >= 0.6 is 0 Å². The normalized spacial score (nSPS) is 11.9. The predicted octanol–water partition coefficient (Wildman–Crippen LogP) is 3.62. The number of aryl methyl sites for hydroxylation is 1. The summed E-state index contributed by atoms with van der Waals surface area (Å²) in [4.78, 5) is 12.2. The van der Waals surface area contributed by atoms with Gasteiger partial charge in [0, 0.05) is 17.6 Å². The zero-order chi connectivity index (χ0) is 21.7. The van der Waals surface area contributed by atoms with Crippen molar-refractivity contribution in [3.05, 3.63) is 59.7 Å². The number of ether oxygens (including phenoxy) is 1. The summed E-state index contributed by atoms with van der Waals surface area (Å²) in [5.41, 5.74) is 2.29. The monoisotopic (exact) mass is 418 g/mol. The molecular weight excluding hydrogens is 388 g/mol. The molecule has 0 heterocycles. The fraction of sp³-hybridized carbons (Fsp3) is 0.409. The molecule has 0 bridgehead atoms. The molecule has 0 aliphatic carbocycles. The number of carbonyl (C=O) groups excluding carboxylic acids is 1. The molecule has 0 aromatic heterocycles. The van der Waals surface area contributed by atoms with Crippen LogP contribution in [0.3, 0.4) is 0 Å². The van der Waals surface area contributed by atoms with E-state index >= 15 is 0 Å². The van der Waals surface area contributed by atoms with Crippen LogP contribution in [0.5, 0.6) is 5.75 Å². The summed E-state index contributed by atoms with van der Waals surface area (Å²) in [6.45, 7) is 10.2. The summed E-state index contributed by atoms with van der Waals surface area (Å²) in [5, 5.41) is 2.74. The van der Waals surface area contributed by atoms with E-state index in [1.165, 1.54) is 0 Å². The second-order valence-corrected chi connectivity index (χ2v) is 9.80. The van der Waals surface area contributed by atoms with E-state index in [-0.39, 0.29) is 11.5 Å². The first-order valence-electron chi connectivity index (χ1n) is 9.58. The summed E-state index contributed by atoms with van der Waals surface area (Å²) in [5.74, 6) is -0.529. The van der Waals surface area contributed by atoms with Gasteiger partial charge in [-0.1, -0.05) is 43.7 Å². The predicted molar refractivity (Wildman–Crippen MR) is 117 cm³/mol. The molecule has 0 saturated heterocycles. The number of anilines is 1. The van der Waals surface area contributed by atoms with Gasteiger partial charge in [-0.3, -0.25) is 9.52 Å². The van der Waals surface area contributed by atoms with Gasteiger partial charge in [-0.15, -0.1) is 0 Å². The van der Waals surface area contributed by atoms with E-state index < -0.39 is 21.7 Å². The van der Waals surface area contributed by atoms with E-state index in [0.717, 1.165) is 11.1 Å². The molecule has 0 unspecified atom stereocenters. The molecule has 7 heteroatoms. The Bertz CT molecular complexity index is 936. The Morgan fingerprint density at radius 1 is 1.10 bits per heavy atom. The van der Waals surface area contributed by atoms with Crippen LogP contribution in [-0.4, -0.2) is 32.7 Å². The van der Waals surface area contributed by atoms with E-state index in [0.29, 0.717) is 18.0 Å². The minimum Gasteiger partial charge on any atom is -0.491 e. The second-order valence-electron chi connectivity index (χ2n) is 8.08. The Morgan fingerprint density at radius 3 is 2.34 bits per heavy atom. The number of hydrogen-bond acceptors (Lipinski definition) is 4. The highest BCUT2D eigenvalue weighted by Crippen LogP contribution is 2.23. The summed E-state index contributed by atoms with van der Waals surface area (Å²) in [6.07, 6.45) is 0.0327. The molecule has 2 aromatic rings. The van der Waals surface area contributed by atoms with Gasteiger partial charge in [-0.05, 0) is 50.6 Å². The highest BCUT2D eigenvalue weighted by Gasteiger charge is 2.23. The van der Waals surface area contributed by atoms with Crippen LogP contribution in [0.4, 0.5) is 5.69 Å². The molecular formula is C22H30N2O4S. The molecule has 2 rings (SSSR count). The number of amides is 1. The number of carbonyl (C=O) groups is 1. The Labute approximate surface area is 173 Å². The average molecular weight is 419 g/mol. The van der Waals surface area contributed by atoms with Crippen molar-refractivity contribution in [2.75, 3.05) is 17.0 Å². The van der Waals surface area contributed by atoms with Gasteiger partial charge < -0.3 is 10.1 Å². The lowest BCUT2D eigenvalue weighted by Crippen LogP contribution is -2.40. The summed E-state index contributed by atoms with van der Waals surface area (Å²) < 4.78 is 32.6. The van der Waals surface area contributed by atoms with Crippen LogP contribution in [-0.2, 0) is 20.2 Å². The summed E-state index contributed by atoms with van der Waals surface area (Å²) >= 11 is 0. The van der Waals surface area contributed by atoms with Gasteiger partial charge in [0.2, 0.25) is 15.9 Å². The largest absolute Gasteiger partial charge is 0.491 e. The molecule has 1 amide bonds. The molecule has 0 saturated carbocycles. The van der Waals surface area contributed by atoms with Crippen LogP contribution in [0.1, 0.15) is 38.8 Å². The highest BCUT2D eigenvalue weighted by atomic mass is 32.2. The van der Waals surface area contributed by atoms with E-state index in [1.54, 1.807) is 24.3 Å². The van der Waals surface area contributed by atoms with Crippen molar-refractivity contribution in [3.8, 4) is 5.75 Å². The number of benzene rings is 2. The van der Waals surface area contributed by atoms with E-state index in [1.807, 2.05) is 52.8 Å². The molecule has 0 atom stereocenters. The Balaban J connectivity index is 1.91. The van der Waals surface area contributed by atoms with Crippen LogP contribution < -0.4 is 14.8 Å². The first kappa shape index (κ1) is 22.7. The summed E-state index contributed by atoms with van der Waals surface area (Å²) in [6, 6.07) is 14.6. The average Bonchev–Trinajstić information content (AvgIpc) is 2.61. The second kappa shape index (κ2) is 9.31.